The van der Waals surface area contributed by atoms with Crippen molar-refractivity contribution < 1.29 is 51.0 Å². The Morgan fingerprint density at radius 2 is 1.33 bits per heavy atom. The van der Waals surface area contributed by atoms with E-state index in [1.165, 1.54) is 24.3 Å². The lowest BCUT2D eigenvalue weighted by Gasteiger charge is -2.31. The van der Waals surface area contributed by atoms with E-state index in [4.69, 9.17) is 4.74 Å². The molecule has 2 aromatic carbocycles. The second-order valence-electron chi connectivity index (χ2n) is 7.25. The van der Waals surface area contributed by atoms with Gasteiger partial charge in [0.15, 0.2) is 10.1 Å². The number of rotatable bonds is 10. The Balaban J connectivity index is 1.99. The largest absolute Gasteiger partial charge is 0.743 e. The van der Waals surface area contributed by atoms with Gasteiger partial charge in [0.25, 0.3) is 0 Å². The van der Waals surface area contributed by atoms with Gasteiger partial charge in [0.1, 0.15) is 24.7 Å². The summed E-state index contributed by atoms with van der Waals surface area (Å²) in [6.07, 6.45) is 0.0744. The van der Waals surface area contributed by atoms with E-state index < -0.39 is 45.9 Å². The fraction of sp³-hybridized carbons (Fsp3) is 0.333. The lowest BCUT2D eigenvalue weighted by molar-refractivity contribution is -0.165. The quantitative estimate of drug-likeness (QED) is 0.292. The van der Waals surface area contributed by atoms with Gasteiger partial charge >= 0.3 is 17.2 Å². The highest BCUT2D eigenvalue weighted by Gasteiger charge is 2.48. The molecule has 2 N–H and O–H groups in total. The van der Waals surface area contributed by atoms with Crippen molar-refractivity contribution in [3.63, 3.8) is 0 Å². The number of carbonyl (C=O) groups excluding carboxylic acids is 2. The number of esters is 2. The number of halogens is 2. The zero-order valence-corrected chi connectivity index (χ0v) is 18.2. The summed E-state index contributed by atoms with van der Waals surface area (Å²) in [6.45, 7) is 0.337. The van der Waals surface area contributed by atoms with Gasteiger partial charge < -0.3 is 24.2 Å². The highest BCUT2D eigenvalue weighted by Crippen LogP contribution is 2.37. The second kappa shape index (κ2) is 10.1. The SMILES string of the molecule is CC(CCC(=O)OCCOC(=O)C(F)(F)S(=O)(=O)[O-])(c1ccc(O)cc1)c1ccc(O)cc1. The third-order valence-corrected chi connectivity index (χ3v) is 5.76. The standard InChI is InChI=1S/C21H22F2O9S/c1-20(14-2-6-16(24)7-3-14,15-4-8-17(25)9-5-15)11-10-18(26)31-12-13-32-19(27)21(22,23)33(28,29)30/h2-9,24-25H,10-13H2,1H3,(H,28,29,30)/p-1. The Morgan fingerprint density at radius 3 is 1.76 bits per heavy atom. The van der Waals surface area contributed by atoms with Crippen LogP contribution in [0.4, 0.5) is 8.78 Å². The summed E-state index contributed by atoms with van der Waals surface area (Å²) >= 11 is 0. The number of hydrogen-bond acceptors (Lipinski definition) is 9. The third-order valence-electron chi connectivity index (χ3n) is 4.97. The Morgan fingerprint density at radius 1 is 0.909 bits per heavy atom. The molecule has 33 heavy (non-hydrogen) atoms. The van der Waals surface area contributed by atoms with Crippen LogP contribution in [0.2, 0.25) is 0 Å². The minimum absolute atomic E-state index is 0.0520. The molecule has 0 heterocycles. The molecule has 0 atom stereocenters. The fourth-order valence-corrected chi connectivity index (χ4v) is 3.28. The average molecular weight is 487 g/mol. The van der Waals surface area contributed by atoms with E-state index in [-0.39, 0.29) is 24.3 Å². The Labute approximate surface area is 188 Å². The van der Waals surface area contributed by atoms with Crippen LogP contribution < -0.4 is 0 Å². The smallest absolute Gasteiger partial charge is 0.428 e. The topological polar surface area (TPSA) is 150 Å². The van der Waals surface area contributed by atoms with Gasteiger partial charge in [-0.25, -0.2) is 13.2 Å². The van der Waals surface area contributed by atoms with Crippen molar-refractivity contribution in [1.29, 1.82) is 0 Å². The van der Waals surface area contributed by atoms with Gasteiger partial charge in [-0.15, -0.1) is 0 Å². The van der Waals surface area contributed by atoms with Crippen LogP contribution in [-0.2, 0) is 34.6 Å². The Hall–Kier alpha value is -3.25. The molecule has 0 unspecified atom stereocenters. The number of ether oxygens (including phenoxy) is 2. The molecular formula is C21H21F2O9S-. The average Bonchev–Trinajstić information content (AvgIpc) is 2.75. The first kappa shape index (κ1) is 26.0. The Kier molecular flexibility index (Phi) is 7.98. The first-order chi connectivity index (χ1) is 15.3. The maximum Gasteiger partial charge on any atom is 0.428 e. The molecule has 0 aliphatic heterocycles. The Bertz CT molecular complexity index is 1040. The van der Waals surface area contributed by atoms with Crippen LogP contribution in [0.5, 0.6) is 11.5 Å². The number of aromatic hydroxyl groups is 2. The second-order valence-corrected chi connectivity index (χ2v) is 8.67. The number of phenolic OH excluding ortho intramolecular Hbond substituents is 2. The molecule has 2 aromatic rings. The van der Waals surface area contributed by atoms with Crippen LogP contribution in [0.15, 0.2) is 48.5 Å². The summed E-state index contributed by atoms with van der Waals surface area (Å²) in [5.41, 5.74) is 0.778. The van der Waals surface area contributed by atoms with Crippen molar-refractivity contribution in [1.82, 2.24) is 0 Å². The molecule has 2 rings (SSSR count). The molecule has 0 aliphatic rings. The first-order valence-electron chi connectivity index (χ1n) is 9.52. The lowest BCUT2D eigenvalue weighted by atomic mass is 9.73. The molecule has 0 bridgehead atoms. The van der Waals surface area contributed by atoms with E-state index in [0.29, 0.717) is 0 Å². The minimum Gasteiger partial charge on any atom is -0.743 e. The molecule has 0 aliphatic carbocycles. The molecule has 12 heteroatoms. The number of hydrogen-bond donors (Lipinski definition) is 2. The molecule has 9 nitrogen and oxygen atoms in total. The fourth-order valence-electron chi connectivity index (χ4n) is 3.01. The number of alkyl halides is 2. The van der Waals surface area contributed by atoms with E-state index in [2.05, 4.69) is 4.74 Å². The van der Waals surface area contributed by atoms with Crippen molar-refractivity contribution >= 4 is 22.1 Å². The predicted octanol–water partition coefficient (Wildman–Crippen LogP) is 2.41. The van der Waals surface area contributed by atoms with Crippen LogP contribution in [0, 0.1) is 0 Å². The molecule has 0 amide bonds. The summed E-state index contributed by atoms with van der Waals surface area (Å²) in [4.78, 5) is 23.2. The van der Waals surface area contributed by atoms with Crippen LogP contribution in [0.1, 0.15) is 30.9 Å². The zero-order valence-electron chi connectivity index (χ0n) is 17.4. The molecule has 0 radical (unpaired) electrons. The molecule has 0 fully saturated rings. The predicted molar refractivity (Wildman–Crippen MR) is 108 cm³/mol. The van der Waals surface area contributed by atoms with Crippen molar-refractivity contribution in [3.8, 4) is 11.5 Å². The van der Waals surface area contributed by atoms with E-state index in [1.54, 1.807) is 24.3 Å². The van der Waals surface area contributed by atoms with Gasteiger partial charge in [-0.2, -0.15) is 8.78 Å². The van der Waals surface area contributed by atoms with Crippen LogP contribution in [-0.4, -0.2) is 53.6 Å². The summed E-state index contributed by atoms with van der Waals surface area (Å²) in [5, 5.41) is 13.9. The van der Waals surface area contributed by atoms with Gasteiger partial charge in [0, 0.05) is 11.8 Å². The van der Waals surface area contributed by atoms with E-state index in [9.17, 15) is 41.6 Å². The number of phenols is 2. The van der Waals surface area contributed by atoms with Gasteiger partial charge in [0.2, 0.25) is 0 Å². The highest BCUT2D eigenvalue weighted by atomic mass is 32.2. The monoisotopic (exact) mass is 487 g/mol. The maximum absolute atomic E-state index is 13.0. The van der Waals surface area contributed by atoms with Crippen LogP contribution in [0.3, 0.4) is 0 Å². The van der Waals surface area contributed by atoms with Gasteiger partial charge in [-0.3, -0.25) is 4.79 Å². The van der Waals surface area contributed by atoms with Crippen LogP contribution >= 0.6 is 0 Å². The molecular weight excluding hydrogens is 466 g/mol. The molecule has 0 saturated heterocycles. The van der Waals surface area contributed by atoms with Gasteiger partial charge in [-0.1, -0.05) is 31.2 Å². The summed E-state index contributed by atoms with van der Waals surface area (Å²) in [5.74, 6) is -3.20. The van der Waals surface area contributed by atoms with E-state index in [1.807, 2.05) is 6.92 Å². The van der Waals surface area contributed by atoms with Crippen molar-refractivity contribution in [3.05, 3.63) is 59.7 Å². The summed E-state index contributed by atoms with van der Waals surface area (Å²) < 4.78 is 66.0. The van der Waals surface area contributed by atoms with E-state index >= 15 is 0 Å². The lowest BCUT2D eigenvalue weighted by Crippen LogP contribution is -2.39. The first-order valence-corrected chi connectivity index (χ1v) is 10.9. The maximum atomic E-state index is 13.0. The number of carbonyl (C=O) groups is 2. The molecule has 0 saturated carbocycles. The molecule has 0 spiro atoms. The molecule has 0 aromatic heterocycles. The van der Waals surface area contributed by atoms with Crippen molar-refractivity contribution in [2.24, 2.45) is 0 Å². The summed E-state index contributed by atoms with van der Waals surface area (Å²) in [6, 6.07) is 12.6. The van der Waals surface area contributed by atoms with Crippen LogP contribution in [0.25, 0.3) is 0 Å². The molecule has 180 valence electrons. The zero-order chi connectivity index (χ0) is 24.9. The minimum atomic E-state index is -6.24. The van der Waals surface area contributed by atoms with Crippen molar-refractivity contribution in [2.45, 2.75) is 30.4 Å². The third kappa shape index (κ3) is 6.39. The van der Waals surface area contributed by atoms with Crippen molar-refractivity contribution in [2.75, 3.05) is 13.2 Å². The van der Waals surface area contributed by atoms with Gasteiger partial charge in [0.05, 0.1) is 0 Å². The number of benzene rings is 2. The summed E-state index contributed by atoms with van der Waals surface area (Å²) in [7, 11) is -6.24. The van der Waals surface area contributed by atoms with Gasteiger partial charge in [-0.05, 0) is 41.8 Å². The van der Waals surface area contributed by atoms with E-state index in [0.717, 1.165) is 11.1 Å². The normalized spacial score (nSPS) is 12.2. The highest BCUT2D eigenvalue weighted by molar-refractivity contribution is 7.87.